The van der Waals surface area contributed by atoms with Gasteiger partial charge in [-0.25, -0.2) is 9.78 Å². The van der Waals surface area contributed by atoms with Crippen LogP contribution in [0.5, 0.6) is 5.75 Å². The SMILES string of the molecule is CCCOc1ccc(Br)cc1CN(CC)c1ccc(C(=O)OC)cn1. The average Bonchev–Trinajstić information content (AvgIpc) is 2.65. The van der Waals surface area contributed by atoms with E-state index in [2.05, 4.69) is 45.7 Å². The third-order valence-electron chi connectivity index (χ3n) is 3.72. The third kappa shape index (κ3) is 5.19. The van der Waals surface area contributed by atoms with E-state index in [0.29, 0.717) is 18.7 Å². The first-order chi connectivity index (χ1) is 12.1. The summed E-state index contributed by atoms with van der Waals surface area (Å²) >= 11 is 3.52. The summed E-state index contributed by atoms with van der Waals surface area (Å²) in [5.74, 6) is 1.30. The number of carbonyl (C=O) groups excluding carboxylic acids is 1. The molecule has 0 N–H and O–H groups in total. The maximum atomic E-state index is 11.5. The van der Waals surface area contributed by atoms with Gasteiger partial charge in [0, 0.05) is 29.3 Å². The van der Waals surface area contributed by atoms with E-state index in [4.69, 9.17) is 9.47 Å². The minimum absolute atomic E-state index is 0.385. The lowest BCUT2D eigenvalue weighted by molar-refractivity contribution is 0.0600. The molecule has 0 aliphatic heterocycles. The number of nitrogens with zero attached hydrogens (tertiary/aromatic N) is 2. The molecule has 0 saturated heterocycles. The fourth-order valence-corrected chi connectivity index (χ4v) is 2.81. The Labute approximate surface area is 157 Å². The Hall–Kier alpha value is -2.08. The molecular weight excluding hydrogens is 384 g/mol. The summed E-state index contributed by atoms with van der Waals surface area (Å²) < 4.78 is 11.6. The van der Waals surface area contributed by atoms with E-state index in [1.165, 1.54) is 7.11 Å². The first kappa shape index (κ1) is 19.2. The molecule has 6 heteroatoms. The first-order valence-electron chi connectivity index (χ1n) is 8.29. The number of hydrogen-bond donors (Lipinski definition) is 0. The molecule has 5 nitrogen and oxygen atoms in total. The quantitative estimate of drug-likeness (QED) is 0.606. The van der Waals surface area contributed by atoms with Crippen molar-refractivity contribution in [2.75, 3.05) is 25.2 Å². The van der Waals surface area contributed by atoms with Gasteiger partial charge in [-0.05, 0) is 43.7 Å². The summed E-state index contributed by atoms with van der Waals surface area (Å²) in [6, 6.07) is 9.59. The second-order valence-corrected chi connectivity index (χ2v) is 6.43. The van der Waals surface area contributed by atoms with Gasteiger partial charge in [0.25, 0.3) is 0 Å². The van der Waals surface area contributed by atoms with Gasteiger partial charge in [-0.2, -0.15) is 0 Å². The molecule has 0 aliphatic carbocycles. The van der Waals surface area contributed by atoms with Crippen molar-refractivity contribution < 1.29 is 14.3 Å². The number of carbonyl (C=O) groups is 1. The Morgan fingerprint density at radius 1 is 1.24 bits per heavy atom. The van der Waals surface area contributed by atoms with E-state index in [9.17, 15) is 4.79 Å². The summed E-state index contributed by atoms with van der Waals surface area (Å²) in [5, 5.41) is 0. The number of aromatic nitrogens is 1. The number of anilines is 1. The molecule has 25 heavy (non-hydrogen) atoms. The zero-order valence-corrected chi connectivity index (χ0v) is 16.4. The number of halogens is 1. The summed E-state index contributed by atoms with van der Waals surface area (Å²) in [7, 11) is 1.36. The summed E-state index contributed by atoms with van der Waals surface area (Å²) in [4.78, 5) is 18.1. The second-order valence-electron chi connectivity index (χ2n) is 5.51. The van der Waals surface area contributed by atoms with Crippen LogP contribution in [0.1, 0.15) is 36.2 Å². The van der Waals surface area contributed by atoms with Crippen LogP contribution >= 0.6 is 15.9 Å². The zero-order chi connectivity index (χ0) is 18.2. The lowest BCUT2D eigenvalue weighted by Crippen LogP contribution is -2.23. The number of pyridine rings is 1. The molecule has 0 spiro atoms. The highest BCUT2D eigenvalue weighted by Crippen LogP contribution is 2.26. The van der Waals surface area contributed by atoms with Crippen molar-refractivity contribution in [3.05, 3.63) is 52.1 Å². The Kier molecular flexibility index (Phi) is 7.25. The largest absolute Gasteiger partial charge is 0.493 e. The highest BCUT2D eigenvalue weighted by Gasteiger charge is 2.13. The van der Waals surface area contributed by atoms with Gasteiger partial charge in [-0.15, -0.1) is 0 Å². The van der Waals surface area contributed by atoms with Gasteiger partial charge < -0.3 is 14.4 Å². The van der Waals surface area contributed by atoms with Crippen molar-refractivity contribution in [1.82, 2.24) is 4.98 Å². The lowest BCUT2D eigenvalue weighted by Gasteiger charge is -2.23. The molecule has 0 radical (unpaired) electrons. The molecule has 0 atom stereocenters. The van der Waals surface area contributed by atoms with Crippen molar-refractivity contribution in [3.8, 4) is 5.75 Å². The van der Waals surface area contributed by atoms with Crippen LogP contribution in [0.4, 0.5) is 5.82 Å². The van der Waals surface area contributed by atoms with Crippen molar-refractivity contribution in [3.63, 3.8) is 0 Å². The molecule has 134 valence electrons. The Bertz CT molecular complexity index is 704. The Morgan fingerprint density at radius 2 is 2.04 bits per heavy atom. The minimum Gasteiger partial charge on any atom is -0.493 e. The topological polar surface area (TPSA) is 51.7 Å². The van der Waals surface area contributed by atoms with Gasteiger partial charge in [0.1, 0.15) is 11.6 Å². The number of ether oxygens (including phenoxy) is 2. The van der Waals surface area contributed by atoms with Crippen molar-refractivity contribution in [2.24, 2.45) is 0 Å². The maximum Gasteiger partial charge on any atom is 0.339 e. The normalized spacial score (nSPS) is 10.4. The molecule has 2 rings (SSSR count). The predicted molar refractivity (Wildman–Crippen MR) is 102 cm³/mol. The van der Waals surface area contributed by atoms with Crippen LogP contribution in [-0.4, -0.2) is 31.2 Å². The Morgan fingerprint density at radius 3 is 2.64 bits per heavy atom. The van der Waals surface area contributed by atoms with Crippen LogP contribution in [0.25, 0.3) is 0 Å². The van der Waals surface area contributed by atoms with E-state index < -0.39 is 0 Å². The number of rotatable bonds is 8. The van der Waals surface area contributed by atoms with Crippen LogP contribution in [0.2, 0.25) is 0 Å². The molecule has 2 aromatic rings. The van der Waals surface area contributed by atoms with Crippen LogP contribution in [-0.2, 0) is 11.3 Å². The highest BCUT2D eigenvalue weighted by molar-refractivity contribution is 9.10. The number of benzene rings is 1. The van der Waals surface area contributed by atoms with E-state index in [0.717, 1.165) is 34.6 Å². The van der Waals surface area contributed by atoms with E-state index >= 15 is 0 Å². The smallest absolute Gasteiger partial charge is 0.339 e. The van der Waals surface area contributed by atoms with E-state index in [-0.39, 0.29) is 5.97 Å². The van der Waals surface area contributed by atoms with E-state index in [1.807, 2.05) is 18.2 Å². The van der Waals surface area contributed by atoms with Crippen LogP contribution in [0, 0.1) is 0 Å². The lowest BCUT2D eigenvalue weighted by atomic mass is 10.2. The van der Waals surface area contributed by atoms with Crippen LogP contribution < -0.4 is 9.64 Å². The fourth-order valence-electron chi connectivity index (χ4n) is 2.40. The molecule has 0 bridgehead atoms. The van der Waals surface area contributed by atoms with Crippen LogP contribution in [0.15, 0.2) is 41.0 Å². The van der Waals surface area contributed by atoms with Gasteiger partial charge >= 0.3 is 5.97 Å². The minimum atomic E-state index is -0.385. The van der Waals surface area contributed by atoms with Gasteiger partial charge in [-0.3, -0.25) is 0 Å². The summed E-state index contributed by atoms with van der Waals surface area (Å²) in [5.41, 5.74) is 1.53. The van der Waals surface area contributed by atoms with Crippen molar-refractivity contribution in [1.29, 1.82) is 0 Å². The van der Waals surface area contributed by atoms with Crippen molar-refractivity contribution in [2.45, 2.75) is 26.8 Å². The summed E-state index contributed by atoms with van der Waals surface area (Å²) in [6.45, 7) is 6.29. The third-order valence-corrected chi connectivity index (χ3v) is 4.21. The number of hydrogen-bond acceptors (Lipinski definition) is 5. The highest BCUT2D eigenvalue weighted by atomic mass is 79.9. The molecule has 0 saturated carbocycles. The van der Waals surface area contributed by atoms with Gasteiger partial charge in [0.15, 0.2) is 0 Å². The predicted octanol–water partition coefficient (Wildman–Crippen LogP) is 4.45. The molecule has 1 aromatic heterocycles. The molecular formula is C19H23BrN2O3. The molecule has 0 amide bonds. The maximum absolute atomic E-state index is 11.5. The molecule has 0 unspecified atom stereocenters. The Balaban J connectivity index is 2.21. The number of methoxy groups -OCH3 is 1. The number of esters is 1. The second kappa shape index (κ2) is 9.42. The van der Waals surface area contributed by atoms with Crippen molar-refractivity contribution >= 4 is 27.7 Å². The standard InChI is InChI=1S/C19H23BrN2O3/c1-4-10-25-17-8-7-16(20)11-15(17)13-22(5-2)18-9-6-14(12-21-18)19(23)24-3/h6-9,11-12H,4-5,10,13H2,1-3H3. The summed E-state index contributed by atoms with van der Waals surface area (Å²) in [6.07, 6.45) is 2.50. The molecule has 0 aliphatic rings. The van der Waals surface area contributed by atoms with Gasteiger partial charge in [0.05, 0.1) is 19.3 Å². The average molecular weight is 407 g/mol. The molecule has 1 aromatic carbocycles. The molecule has 1 heterocycles. The van der Waals surface area contributed by atoms with Crippen LogP contribution in [0.3, 0.4) is 0 Å². The van der Waals surface area contributed by atoms with E-state index in [1.54, 1.807) is 12.3 Å². The fraction of sp³-hybridized carbons (Fsp3) is 0.368. The van der Waals surface area contributed by atoms with Gasteiger partial charge in [-0.1, -0.05) is 22.9 Å². The molecule has 0 fully saturated rings. The first-order valence-corrected chi connectivity index (χ1v) is 9.08. The van der Waals surface area contributed by atoms with Gasteiger partial charge in [0.2, 0.25) is 0 Å². The monoisotopic (exact) mass is 406 g/mol. The zero-order valence-electron chi connectivity index (χ0n) is 14.8.